The molecular formula is C16H24O. The van der Waals surface area contributed by atoms with Gasteiger partial charge < -0.3 is 4.74 Å². The van der Waals surface area contributed by atoms with Gasteiger partial charge in [-0.15, -0.1) is 0 Å². The summed E-state index contributed by atoms with van der Waals surface area (Å²) in [6, 6.07) is 0. The van der Waals surface area contributed by atoms with Crippen molar-refractivity contribution in [2.45, 2.75) is 46.5 Å². The number of hydrogen-bond acceptors (Lipinski definition) is 1. The van der Waals surface area contributed by atoms with Crippen molar-refractivity contribution in [2.24, 2.45) is 11.3 Å². The van der Waals surface area contributed by atoms with Gasteiger partial charge in [-0.3, -0.25) is 0 Å². The van der Waals surface area contributed by atoms with Crippen LogP contribution in [0.25, 0.3) is 0 Å². The second-order valence-electron chi connectivity index (χ2n) is 5.80. The molecule has 1 nitrogen and oxygen atoms in total. The molecule has 1 heteroatoms. The standard InChI is InChI=1S/C16H24O/c1-4-5-12-17-15-10-11-16(2,3)14-9-7-6-8-13(14)15/h6-8,10,14H,4-5,9,11-12H2,1-3H3. The van der Waals surface area contributed by atoms with Gasteiger partial charge in [-0.2, -0.15) is 0 Å². The lowest BCUT2D eigenvalue weighted by Crippen LogP contribution is -2.30. The first-order valence-electron chi connectivity index (χ1n) is 6.85. The Kier molecular flexibility index (Phi) is 3.76. The molecule has 0 bridgehead atoms. The number of unbranched alkanes of at least 4 members (excludes halogenated alkanes) is 1. The summed E-state index contributed by atoms with van der Waals surface area (Å²) in [7, 11) is 0. The topological polar surface area (TPSA) is 9.23 Å². The normalized spacial score (nSPS) is 25.9. The average Bonchev–Trinajstić information content (AvgIpc) is 2.33. The predicted octanol–water partition coefficient (Wildman–Crippen LogP) is 4.62. The number of rotatable bonds is 4. The zero-order valence-electron chi connectivity index (χ0n) is 11.3. The summed E-state index contributed by atoms with van der Waals surface area (Å²) < 4.78 is 5.95. The number of ether oxygens (including phenoxy) is 1. The molecule has 0 spiro atoms. The zero-order valence-corrected chi connectivity index (χ0v) is 11.3. The lowest BCUT2D eigenvalue weighted by molar-refractivity contribution is 0.168. The van der Waals surface area contributed by atoms with Crippen molar-refractivity contribution in [3.63, 3.8) is 0 Å². The second-order valence-corrected chi connectivity index (χ2v) is 5.80. The van der Waals surface area contributed by atoms with E-state index in [1.807, 2.05) is 0 Å². The molecule has 94 valence electrons. The molecule has 0 saturated heterocycles. The fourth-order valence-corrected chi connectivity index (χ4v) is 2.71. The van der Waals surface area contributed by atoms with Crippen LogP contribution in [0.15, 0.2) is 35.6 Å². The van der Waals surface area contributed by atoms with Crippen molar-refractivity contribution in [2.75, 3.05) is 6.61 Å². The third kappa shape index (κ3) is 2.65. The maximum Gasteiger partial charge on any atom is 0.118 e. The third-order valence-corrected chi connectivity index (χ3v) is 3.96. The van der Waals surface area contributed by atoms with Gasteiger partial charge in [0.05, 0.1) is 6.61 Å². The molecule has 1 unspecified atom stereocenters. The van der Waals surface area contributed by atoms with Gasteiger partial charge in [-0.05, 0) is 42.2 Å². The van der Waals surface area contributed by atoms with Crippen molar-refractivity contribution in [1.29, 1.82) is 0 Å². The van der Waals surface area contributed by atoms with Gasteiger partial charge in [0, 0.05) is 0 Å². The first-order valence-corrected chi connectivity index (χ1v) is 6.85. The van der Waals surface area contributed by atoms with Crippen LogP contribution in [0.4, 0.5) is 0 Å². The Morgan fingerprint density at radius 2 is 2.24 bits per heavy atom. The fraction of sp³-hybridized carbons (Fsp3) is 0.625. The molecule has 0 aromatic carbocycles. The highest BCUT2D eigenvalue weighted by atomic mass is 16.5. The van der Waals surface area contributed by atoms with Gasteiger partial charge in [0.2, 0.25) is 0 Å². The minimum Gasteiger partial charge on any atom is -0.494 e. The molecule has 0 heterocycles. The quantitative estimate of drug-likeness (QED) is 0.643. The fourth-order valence-electron chi connectivity index (χ4n) is 2.71. The average molecular weight is 232 g/mol. The molecule has 0 amide bonds. The van der Waals surface area contributed by atoms with Crippen molar-refractivity contribution in [3.8, 4) is 0 Å². The van der Waals surface area contributed by atoms with Gasteiger partial charge in [0.25, 0.3) is 0 Å². The molecule has 0 saturated carbocycles. The Morgan fingerprint density at radius 3 is 3.00 bits per heavy atom. The van der Waals surface area contributed by atoms with Crippen molar-refractivity contribution < 1.29 is 4.74 Å². The minimum absolute atomic E-state index is 0.369. The van der Waals surface area contributed by atoms with Crippen LogP contribution in [0, 0.1) is 11.3 Å². The van der Waals surface area contributed by atoms with Gasteiger partial charge >= 0.3 is 0 Å². The molecule has 1 atom stereocenters. The number of allylic oxidation sites excluding steroid dienone is 5. The van der Waals surface area contributed by atoms with Crippen LogP contribution in [0.3, 0.4) is 0 Å². The Bertz CT molecular complexity index is 358. The van der Waals surface area contributed by atoms with E-state index in [0.29, 0.717) is 11.3 Å². The van der Waals surface area contributed by atoms with E-state index in [2.05, 4.69) is 45.1 Å². The maximum absolute atomic E-state index is 5.95. The van der Waals surface area contributed by atoms with Crippen molar-refractivity contribution >= 4 is 0 Å². The molecule has 2 rings (SSSR count). The SMILES string of the molecule is CCCCOC1=CCC(C)(C)C2CC=CC=C12. The van der Waals surface area contributed by atoms with Crippen LogP contribution < -0.4 is 0 Å². The van der Waals surface area contributed by atoms with Gasteiger partial charge in [-0.1, -0.05) is 45.4 Å². The highest BCUT2D eigenvalue weighted by molar-refractivity contribution is 5.39. The smallest absolute Gasteiger partial charge is 0.118 e. The molecular weight excluding hydrogens is 208 g/mol. The first kappa shape index (κ1) is 12.5. The van der Waals surface area contributed by atoms with Gasteiger partial charge in [0.1, 0.15) is 5.76 Å². The van der Waals surface area contributed by atoms with E-state index >= 15 is 0 Å². The largest absolute Gasteiger partial charge is 0.494 e. The first-order chi connectivity index (χ1) is 8.15. The van der Waals surface area contributed by atoms with E-state index in [-0.39, 0.29) is 0 Å². The summed E-state index contributed by atoms with van der Waals surface area (Å²) in [5.74, 6) is 1.78. The monoisotopic (exact) mass is 232 g/mol. The second kappa shape index (κ2) is 5.12. The lowest BCUT2D eigenvalue weighted by Gasteiger charge is -2.40. The maximum atomic E-state index is 5.95. The van der Waals surface area contributed by atoms with Crippen LogP contribution in [-0.4, -0.2) is 6.61 Å². The van der Waals surface area contributed by atoms with E-state index in [1.54, 1.807) is 0 Å². The van der Waals surface area contributed by atoms with Crippen LogP contribution in [0.1, 0.15) is 46.5 Å². The van der Waals surface area contributed by atoms with Crippen LogP contribution in [-0.2, 0) is 4.74 Å². The van der Waals surface area contributed by atoms with Crippen LogP contribution in [0.5, 0.6) is 0 Å². The summed E-state index contributed by atoms with van der Waals surface area (Å²) in [6.45, 7) is 7.79. The summed E-state index contributed by atoms with van der Waals surface area (Å²) in [5.41, 5.74) is 1.79. The molecule has 0 aromatic heterocycles. The zero-order chi connectivity index (χ0) is 12.3. The Balaban J connectivity index is 2.13. The van der Waals surface area contributed by atoms with Gasteiger partial charge in [0.15, 0.2) is 0 Å². The molecule has 0 N–H and O–H groups in total. The Labute approximate surface area is 105 Å². The predicted molar refractivity (Wildman–Crippen MR) is 72.7 cm³/mol. The van der Waals surface area contributed by atoms with E-state index in [1.165, 1.54) is 12.0 Å². The van der Waals surface area contributed by atoms with E-state index in [9.17, 15) is 0 Å². The highest BCUT2D eigenvalue weighted by Crippen LogP contribution is 2.46. The number of hydrogen-bond donors (Lipinski definition) is 0. The summed E-state index contributed by atoms with van der Waals surface area (Å²) in [5, 5.41) is 0. The van der Waals surface area contributed by atoms with Crippen molar-refractivity contribution in [1.82, 2.24) is 0 Å². The van der Waals surface area contributed by atoms with E-state index in [4.69, 9.17) is 4.74 Å². The molecule has 0 aliphatic heterocycles. The minimum atomic E-state index is 0.369. The summed E-state index contributed by atoms with van der Waals surface area (Å²) in [4.78, 5) is 0. The Hall–Kier alpha value is -0.980. The molecule has 2 aliphatic rings. The van der Waals surface area contributed by atoms with Gasteiger partial charge in [-0.25, -0.2) is 0 Å². The molecule has 2 aliphatic carbocycles. The molecule has 17 heavy (non-hydrogen) atoms. The van der Waals surface area contributed by atoms with E-state index in [0.717, 1.165) is 31.6 Å². The molecule has 0 aromatic rings. The number of fused-ring (bicyclic) bond motifs is 1. The Morgan fingerprint density at radius 1 is 1.41 bits per heavy atom. The summed E-state index contributed by atoms with van der Waals surface area (Å²) in [6.07, 6.45) is 13.6. The highest BCUT2D eigenvalue weighted by Gasteiger charge is 2.36. The summed E-state index contributed by atoms with van der Waals surface area (Å²) >= 11 is 0. The molecule has 0 fully saturated rings. The van der Waals surface area contributed by atoms with Crippen LogP contribution in [0.2, 0.25) is 0 Å². The molecule has 0 radical (unpaired) electrons. The van der Waals surface area contributed by atoms with Crippen molar-refractivity contribution in [3.05, 3.63) is 35.6 Å². The third-order valence-electron chi connectivity index (χ3n) is 3.96. The van der Waals surface area contributed by atoms with E-state index < -0.39 is 0 Å². The lowest BCUT2D eigenvalue weighted by atomic mass is 9.66. The van der Waals surface area contributed by atoms with Crippen LogP contribution >= 0.6 is 0 Å².